The molecule has 0 bridgehead atoms. The van der Waals surface area contributed by atoms with E-state index in [1.54, 1.807) is 13.2 Å². The topological polar surface area (TPSA) is 30.5 Å². The molecule has 0 fully saturated rings. The van der Waals surface area contributed by atoms with Crippen molar-refractivity contribution in [3.05, 3.63) is 27.7 Å². The van der Waals surface area contributed by atoms with Gasteiger partial charge in [0.15, 0.2) is 0 Å². The van der Waals surface area contributed by atoms with Gasteiger partial charge in [0.25, 0.3) is 0 Å². The fourth-order valence-electron chi connectivity index (χ4n) is 2.32. The van der Waals surface area contributed by atoms with Crippen molar-refractivity contribution < 1.29 is 9.47 Å². The number of rotatable bonds is 5. The molecule has 5 heteroatoms. The molecule has 2 atom stereocenters. The average Bonchev–Trinajstić information content (AvgIpc) is 2.37. The quantitative estimate of drug-likeness (QED) is 0.896. The first-order valence-electron chi connectivity index (χ1n) is 6.48. The molecule has 2 unspecified atom stereocenters. The number of hydrogen-bond donors (Lipinski definition) is 1. The number of halogens is 2. The van der Waals surface area contributed by atoms with Gasteiger partial charge in [-0.3, -0.25) is 0 Å². The SMILES string of the molecule is COCCC(C)NC1CCOc2c(Cl)cc(Cl)cc21. The molecule has 0 aromatic heterocycles. The van der Waals surface area contributed by atoms with E-state index in [9.17, 15) is 0 Å². The van der Waals surface area contributed by atoms with Gasteiger partial charge in [-0.2, -0.15) is 0 Å². The second-order valence-electron chi connectivity index (χ2n) is 4.84. The molecule has 2 rings (SSSR count). The fraction of sp³-hybridized carbons (Fsp3) is 0.571. The zero-order chi connectivity index (χ0) is 13.8. The maximum absolute atomic E-state index is 6.18. The van der Waals surface area contributed by atoms with Crippen LogP contribution in [0.1, 0.15) is 31.4 Å². The molecule has 0 saturated heterocycles. The van der Waals surface area contributed by atoms with Gasteiger partial charge in [-0.05, 0) is 25.5 Å². The van der Waals surface area contributed by atoms with Crippen LogP contribution in [0, 0.1) is 0 Å². The summed E-state index contributed by atoms with van der Waals surface area (Å²) in [6, 6.07) is 4.25. The van der Waals surface area contributed by atoms with E-state index in [0.717, 1.165) is 30.8 Å². The van der Waals surface area contributed by atoms with E-state index in [1.165, 1.54) is 0 Å². The molecule has 1 aromatic carbocycles. The molecule has 1 aliphatic rings. The van der Waals surface area contributed by atoms with Gasteiger partial charge in [0, 0.05) is 42.8 Å². The van der Waals surface area contributed by atoms with Crippen LogP contribution in [0.15, 0.2) is 12.1 Å². The van der Waals surface area contributed by atoms with Gasteiger partial charge >= 0.3 is 0 Å². The van der Waals surface area contributed by atoms with E-state index in [2.05, 4.69) is 12.2 Å². The summed E-state index contributed by atoms with van der Waals surface area (Å²) in [5, 5.41) is 4.81. The zero-order valence-electron chi connectivity index (χ0n) is 11.2. The third-order valence-corrected chi connectivity index (χ3v) is 3.81. The highest BCUT2D eigenvalue weighted by Gasteiger charge is 2.25. The van der Waals surface area contributed by atoms with Gasteiger partial charge in [-0.25, -0.2) is 0 Å². The molecule has 0 radical (unpaired) electrons. The second-order valence-corrected chi connectivity index (χ2v) is 5.69. The predicted molar refractivity (Wildman–Crippen MR) is 78.4 cm³/mol. The Morgan fingerprint density at radius 2 is 2.26 bits per heavy atom. The molecule has 19 heavy (non-hydrogen) atoms. The molecule has 3 nitrogen and oxygen atoms in total. The van der Waals surface area contributed by atoms with E-state index >= 15 is 0 Å². The Bertz CT molecular complexity index is 440. The monoisotopic (exact) mass is 303 g/mol. The average molecular weight is 304 g/mol. The highest BCUT2D eigenvalue weighted by molar-refractivity contribution is 6.35. The fourth-order valence-corrected chi connectivity index (χ4v) is 2.88. The third kappa shape index (κ3) is 3.76. The molecular weight excluding hydrogens is 285 g/mol. The number of benzene rings is 1. The van der Waals surface area contributed by atoms with Crippen molar-refractivity contribution >= 4 is 23.2 Å². The van der Waals surface area contributed by atoms with E-state index in [-0.39, 0.29) is 6.04 Å². The lowest BCUT2D eigenvalue weighted by Crippen LogP contribution is -2.34. The summed E-state index contributed by atoms with van der Waals surface area (Å²) in [6.07, 6.45) is 1.89. The molecule has 1 heterocycles. The Morgan fingerprint density at radius 1 is 1.47 bits per heavy atom. The van der Waals surface area contributed by atoms with Crippen LogP contribution in [0.2, 0.25) is 10.0 Å². The molecule has 1 aromatic rings. The Hall–Kier alpha value is -0.480. The van der Waals surface area contributed by atoms with E-state index < -0.39 is 0 Å². The Labute approximate surface area is 124 Å². The van der Waals surface area contributed by atoms with Gasteiger partial charge in [-0.15, -0.1) is 0 Å². The minimum absolute atomic E-state index is 0.229. The molecule has 1 N–H and O–H groups in total. The Kier molecular flexibility index (Phi) is 5.34. The van der Waals surface area contributed by atoms with Gasteiger partial charge < -0.3 is 14.8 Å². The minimum atomic E-state index is 0.229. The van der Waals surface area contributed by atoms with Gasteiger partial charge in [0.05, 0.1) is 11.6 Å². The Balaban J connectivity index is 2.13. The number of hydrogen-bond acceptors (Lipinski definition) is 3. The normalized spacial score (nSPS) is 19.7. The largest absolute Gasteiger partial charge is 0.492 e. The number of ether oxygens (including phenoxy) is 2. The van der Waals surface area contributed by atoms with Gasteiger partial charge in [-0.1, -0.05) is 23.2 Å². The van der Waals surface area contributed by atoms with Crippen molar-refractivity contribution in [2.75, 3.05) is 20.3 Å². The molecule has 0 amide bonds. The summed E-state index contributed by atoms with van der Waals surface area (Å²) in [4.78, 5) is 0. The third-order valence-electron chi connectivity index (χ3n) is 3.31. The van der Waals surface area contributed by atoms with Gasteiger partial charge in [0.1, 0.15) is 5.75 Å². The van der Waals surface area contributed by atoms with Crippen molar-refractivity contribution in [1.29, 1.82) is 0 Å². The van der Waals surface area contributed by atoms with Crippen LogP contribution in [0.3, 0.4) is 0 Å². The number of nitrogens with one attached hydrogen (secondary N) is 1. The summed E-state index contributed by atoms with van der Waals surface area (Å²) in [7, 11) is 1.72. The lowest BCUT2D eigenvalue weighted by atomic mass is 9.99. The number of fused-ring (bicyclic) bond motifs is 1. The first-order valence-corrected chi connectivity index (χ1v) is 7.24. The minimum Gasteiger partial charge on any atom is -0.492 e. The van der Waals surface area contributed by atoms with E-state index in [1.807, 2.05) is 6.07 Å². The van der Waals surface area contributed by atoms with Crippen LogP contribution in [-0.4, -0.2) is 26.4 Å². The van der Waals surface area contributed by atoms with Crippen molar-refractivity contribution in [2.24, 2.45) is 0 Å². The van der Waals surface area contributed by atoms with Crippen LogP contribution in [0.25, 0.3) is 0 Å². The maximum atomic E-state index is 6.18. The first kappa shape index (κ1) is 14.9. The highest BCUT2D eigenvalue weighted by Crippen LogP contribution is 2.40. The summed E-state index contributed by atoms with van der Waals surface area (Å²) >= 11 is 12.3. The number of methoxy groups -OCH3 is 1. The van der Waals surface area contributed by atoms with Crippen molar-refractivity contribution in [3.8, 4) is 5.75 Å². The lowest BCUT2D eigenvalue weighted by Gasteiger charge is -2.30. The highest BCUT2D eigenvalue weighted by atomic mass is 35.5. The van der Waals surface area contributed by atoms with Crippen molar-refractivity contribution in [3.63, 3.8) is 0 Å². The standard InChI is InChI=1S/C14H19Cl2NO2/c1-9(3-5-18-2)17-13-4-6-19-14-11(13)7-10(15)8-12(14)16/h7-9,13,17H,3-6H2,1-2H3. The molecule has 0 aliphatic carbocycles. The van der Waals surface area contributed by atoms with Crippen LogP contribution in [-0.2, 0) is 4.74 Å². The van der Waals surface area contributed by atoms with Crippen LogP contribution in [0.5, 0.6) is 5.75 Å². The summed E-state index contributed by atoms with van der Waals surface area (Å²) < 4.78 is 10.7. The second kappa shape index (κ2) is 6.80. The Morgan fingerprint density at radius 3 is 3.00 bits per heavy atom. The van der Waals surface area contributed by atoms with Crippen LogP contribution in [0.4, 0.5) is 0 Å². The molecule has 106 valence electrons. The van der Waals surface area contributed by atoms with E-state index in [0.29, 0.717) is 22.7 Å². The smallest absolute Gasteiger partial charge is 0.142 e. The van der Waals surface area contributed by atoms with Crippen LogP contribution < -0.4 is 10.1 Å². The van der Waals surface area contributed by atoms with Crippen molar-refractivity contribution in [2.45, 2.75) is 31.8 Å². The molecular formula is C14H19Cl2NO2. The van der Waals surface area contributed by atoms with Crippen LogP contribution >= 0.6 is 23.2 Å². The van der Waals surface area contributed by atoms with E-state index in [4.69, 9.17) is 32.7 Å². The summed E-state index contributed by atoms with van der Waals surface area (Å²) in [5.74, 6) is 0.758. The zero-order valence-corrected chi connectivity index (χ0v) is 12.7. The maximum Gasteiger partial charge on any atom is 0.142 e. The lowest BCUT2D eigenvalue weighted by molar-refractivity contribution is 0.178. The summed E-state index contributed by atoms with van der Waals surface area (Å²) in [5.41, 5.74) is 1.05. The summed E-state index contributed by atoms with van der Waals surface area (Å²) in [6.45, 7) is 3.57. The molecule has 0 spiro atoms. The first-order chi connectivity index (χ1) is 9.11. The van der Waals surface area contributed by atoms with Gasteiger partial charge in [0.2, 0.25) is 0 Å². The molecule has 0 saturated carbocycles. The van der Waals surface area contributed by atoms with Crippen molar-refractivity contribution in [1.82, 2.24) is 5.32 Å². The molecule has 1 aliphatic heterocycles. The predicted octanol–water partition coefficient (Wildman–Crippen LogP) is 3.83.